The normalized spacial score (nSPS) is 10.3. The highest BCUT2D eigenvalue weighted by atomic mass is 15.3. The van der Waals surface area contributed by atoms with Gasteiger partial charge < -0.3 is 0 Å². The molecule has 2 heterocycles. The largest absolute Gasteiger partial charge is 0.237 e. The first-order chi connectivity index (χ1) is 6.27. The summed E-state index contributed by atoms with van der Waals surface area (Å²) in [4.78, 5) is 4.32. The van der Waals surface area contributed by atoms with Crippen molar-refractivity contribution in [3.05, 3.63) is 41.9 Å². The van der Waals surface area contributed by atoms with Gasteiger partial charge in [-0.15, -0.1) is 0 Å². The second kappa shape index (κ2) is 3.01. The lowest BCUT2D eigenvalue weighted by Crippen LogP contribution is -2.00. The van der Waals surface area contributed by atoms with Gasteiger partial charge in [-0.1, -0.05) is 6.07 Å². The Kier molecular flexibility index (Phi) is 1.85. The molecule has 0 radical (unpaired) electrons. The molecular formula is C10H11N3. The molecule has 0 bridgehead atoms. The Bertz CT molecular complexity index is 404. The quantitative estimate of drug-likeness (QED) is 0.659. The summed E-state index contributed by atoms with van der Waals surface area (Å²) in [6.45, 7) is 4.07. The maximum Gasteiger partial charge on any atom is 0.156 e. The highest BCUT2D eigenvalue weighted by Gasteiger charge is 2.01. The van der Waals surface area contributed by atoms with Crippen molar-refractivity contribution in [3.8, 4) is 5.82 Å². The summed E-state index contributed by atoms with van der Waals surface area (Å²) in [5.41, 5.74) is 2.32. The van der Waals surface area contributed by atoms with Crippen LogP contribution in [-0.4, -0.2) is 14.8 Å². The van der Waals surface area contributed by atoms with E-state index in [1.165, 1.54) is 5.56 Å². The highest BCUT2D eigenvalue weighted by Crippen LogP contribution is 2.10. The van der Waals surface area contributed by atoms with Crippen LogP contribution in [-0.2, 0) is 0 Å². The molecule has 0 atom stereocenters. The lowest BCUT2D eigenvalue weighted by Gasteiger charge is -2.04. The minimum absolute atomic E-state index is 0.899. The smallest absolute Gasteiger partial charge is 0.156 e. The number of hydrogen-bond acceptors (Lipinski definition) is 2. The van der Waals surface area contributed by atoms with Crippen LogP contribution >= 0.6 is 0 Å². The average Bonchev–Trinajstić information content (AvgIpc) is 2.56. The van der Waals surface area contributed by atoms with Crippen LogP contribution < -0.4 is 0 Å². The van der Waals surface area contributed by atoms with Crippen molar-refractivity contribution in [2.45, 2.75) is 13.8 Å². The van der Waals surface area contributed by atoms with Crippen LogP contribution in [0.1, 0.15) is 11.1 Å². The topological polar surface area (TPSA) is 30.7 Å². The zero-order valence-corrected chi connectivity index (χ0v) is 7.73. The zero-order valence-electron chi connectivity index (χ0n) is 7.73. The first-order valence-corrected chi connectivity index (χ1v) is 4.20. The Morgan fingerprint density at radius 3 is 2.77 bits per heavy atom. The van der Waals surface area contributed by atoms with Crippen molar-refractivity contribution in [3.63, 3.8) is 0 Å². The van der Waals surface area contributed by atoms with Gasteiger partial charge in [-0.05, 0) is 31.0 Å². The van der Waals surface area contributed by atoms with E-state index in [4.69, 9.17) is 0 Å². The fourth-order valence-corrected chi connectivity index (χ4v) is 1.34. The molecule has 0 aliphatic carbocycles. The summed E-state index contributed by atoms with van der Waals surface area (Å²) in [5.74, 6) is 0.899. The molecule has 0 spiro atoms. The van der Waals surface area contributed by atoms with Crippen molar-refractivity contribution in [2.75, 3.05) is 0 Å². The van der Waals surface area contributed by atoms with Crippen molar-refractivity contribution in [1.29, 1.82) is 0 Å². The van der Waals surface area contributed by atoms with Crippen LogP contribution in [0.5, 0.6) is 0 Å². The highest BCUT2D eigenvalue weighted by molar-refractivity contribution is 5.33. The summed E-state index contributed by atoms with van der Waals surface area (Å²) in [6, 6.07) is 3.99. The van der Waals surface area contributed by atoms with E-state index in [1.807, 2.05) is 32.3 Å². The van der Waals surface area contributed by atoms with Gasteiger partial charge in [-0.25, -0.2) is 9.67 Å². The summed E-state index contributed by atoms with van der Waals surface area (Å²) in [7, 11) is 0. The molecule has 0 unspecified atom stereocenters. The van der Waals surface area contributed by atoms with Crippen LogP contribution in [0, 0.1) is 13.8 Å². The number of nitrogens with zero attached hydrogens (tertiary/aromatic N) is 3. The lowest BCUT2D eigenvalue weighted by atomic mass is 10.2. The number of aryl methyl sites for hydroxylation is 2. The van der Waals surface area contributed by atoms with E-state index in [0.717, 1.165) is 11.4 Å². The molecule has 2 aromatic rings. The van der Waals surface area contributed by atoms with Crippen LogP contribution in [0.2, 0.25) is 0 Å². The molecule has 0 N–H and O–H groups in total. The molecule has 0 saturated carbocycles. The third-order valence-corrected chi connectivity index (χ3v) is 1.91. The third kappa shape index (κ3) is 1.45. The van der Waals surface area contributed by atoms with Gasteiger partial charge in [0.1, 0.15) is 0 Å². The fraction of sp³-hybridized carbons (Fsp3) is 0.200. The first kappa shape index (κ1) is 7.98. The van der Waals surface area contributed by atoms with E-state index >= 15 is 0 Å². The molecular weight excluding hydrogens is 162 g/mol. The lowest BCUT2D eigenvalue weighted by molar-refractivity contribution is 0.836. The van der Waals surface area contributed by atoms with Gasteiger partial charge in [0.2, 0.25) is 0 Å². The Hall–Kier alpha value is -1.64. The van der Waals surface area contributed by atoms with E-state index in [0.29, 0.717) is 0 Å². The maximum absolute atomic E-state index is 4.32. The minimum Gasteiger partial charge on any atom is -0.237 e. The number of hydrogen-bond donors (Lipinski definition) is 0. The number of pyridine rings is 1. The summed E-state index contributed by atoms with van der Waals surface area (Å²) in [6.07, 6.45) is 5.50. The Labute approximate surface area is 77.0 Å². The van der Waals surface area contributed by atoms with Crippen molar-refractivity contribution >= 4 is 0 Å². The van der Waals surface area contributed by atoms with E-state index in [-0.39, 0.29) is 0 Å². The fourth-order valence-electron chi connectivity index (χ4n) is 1.34. The molecule has 0 saturated heterocycles. The molecule has 2 aromatic heterocycles. The second-order valence-corrected chi connectivity index (χ2v) is 3.10. The first-order valence-electron chi connectivity index (χ1n) is 4.20. The van der Waals surface area contributed by atoms with Crippen LogP contribution in [0.25, 0.3) is 5.82 Å². The van der Waals surface area contributed by atoms with E-state index in [2.05, 4.69) is 16.1 Å². The van der Waals surface area contributed by atoms with Gasteiger partial charge in [-0.2, -0.15) is 5.10 Å². The molecule has 0 aliphatic rings. The van der Waals surface area contributed by atoms with Crippen molar-refractivity contribution < 1.29 is 0 Å². The molecule has 3 nitrogen and oxygen atoms in total. The maximum atomic E-state index is 4.32. The summed E-state index contributed by atoms with van der Waals surface area (Å²) < 4.78 is 1.77. The Balaban J connectivity index is 2.53. The third-order valence-electron chi connectivity index (χ3n) is 1.91. The van der Waals surface area contributed by atoms with E-state index in [9.17, 15) is 0 Å². The van der Waals surface area contributed by atoms with Crippen LogP contribution in [0.4, 0.5) is 0 Å². The van der Waals surface area contributed by atoms with Gasteiger partial charge in [0.05, 0.1) is 0 Å². The SMILES string of the molecule is Cc1cnc(-n2cccn2)c(C)c1. The van der Waals surface area contributed by atoms with E-state index < -0.39 is 0 Å². The number of aromatic nitrogens is 3. The minimum atomic E-state index is 0.899. The zero-order chi connectivity index (χ0) is 9.26. The second-order valence-electron chi connectivity index (χ2n) is 3.10. The van der Waals surface area contributed by atoms with Crippen LogP contribution in [0.3, 0.4) is 0 Å². The van der Waals surface area contributed by atoms with Crippen LogP contribution in [0.15, 0.2) is 30.7 Å². The summed E-state index contributed by atoms with van der Waals surface area (Å²) in [5, 5.41) is 4.13. The molecule has 0 aliphatic heterocycles. The Morgan fingerprint density at radius 2 is 2.15 bits per heavy atom. The van der Waals surface area contributed by atoms with E-state index in [1.54, 1.807) is 10.9 Å². The molecule has 0 fully saturated rings. The predicted molar refractivity (Wildman–Crippen MR) is 50.8 cm³/mol. The molecule has 0 aromatic carbocycles. The molecule has 0 amide bonds. The van der Waals surface area contributed by atoms with Crippen molar-refractivity contribution in [2.24, 2.45) is 0 Å². The Morgan fingerprint density at radius 1 is 1.31 bits per heavy atom. The molecule has 13 heavy (non-hydrogen) atoms. The average molecular weight is 173 g/mol. The number of rotatable bonds is 1. The van der Waals surface area contributed by atoms with Gasteiger partial charge >= 0.3 is 0 Å². The standard InChI is InChI=1S/C10H11N3/c1-8-6-9(2)10(11-7-8)13-5-3-4-12-13/h3-7H,1-2H3. The van der Waals surface area contributed by atoms with Gasteiger partial charge in [0.15, 0.2) is 5.82 Å². The summed E-state index contributed by atoms with van der Waals surface area (Å²) >= 11 is 0. The predicted octanol–water partition coefficient (Wildman–Crippen LogP) is 1.88. The molecule has 2 rings (SSSR count). The monoisotopic (exact) mass is 173 g/mol. The van der Waals surface area contributed by atoms with Gasteiger partial charge in [0.25, 0.3) is 0 Å². The van der Waals surface area contributed by atoms with Crippen molar-refractivity contribution in [1.82, 2.24) is 14.8 Å². The molecule has 66 valence electrons. The molecule has 3 heteroatoms. The van der Waals surface area contributed by atoms with Gasteiger partial charge in [-0.3, -0.25) is 0 Å². The van der Waals surface area contributed by atoms with Gasteiger partial charge in [0, 0.05) is 18.6 Å².